The molecule has 0 aliphatic rings. The molecule has 0 saturated carbocycles. The largest absolute Gasteiger partial charge is 1.00 e. The molecule has 0 fully saturated rings. The van der Waals surface area contributed by atoms with Crippen molar-refractivity contribution >= 4 is 0 Å². The minimum atomic E-state index is 0. The van der Waals surface area contributed by atoms with Crippen LogP contribution in [0.2, 0.25) is 0 Å². The summed E-state index contributed by atoms with van der Waals surface area (Å²) in [6.45, 7) is 4.62. The van der Waals surface area contributed by atoms with E-state index in [4.69, 9.17) is 0 Å². The molecule has 1 atom stereocenters. The molecule has 2 heteroatoms. The van der Waals surface area contributed by atoms with Crippen molar-refractivity contribution in [2.75, 3.05) is 21.1 Å². The minimum absolute atomic E-state index is 0. The fraction of sp³-hybridized carbons (Fsp3) is 1.00. The van der Waals surface area contributed by atoms with Gasteiger partial charge in [-0.15, -0.1) is 0 Å². The van der Waals surface area contributed by atoms with Crippen molar-refractivity contribution in [2.45, 2.75) is 206 Å². The number of hydrogen-bond acceptors (Lipinski definition) is 0. The lowest BCUT2D eigenvalue weighted by Gasteiger charge is -2.34. The van der Waals surface area contributed by atoms with Crippen LogP contribution in [0.25, 0.3) is 0 Å². The number of rotatable bonds is 30. The number of hydrogen-bond donors (Lipinski definition) is 0. The molecule has 0 N–H and O–H groups in total. The lowest BCUT2D eigenvalue weighted by atomic mass is 9.97. The lowest BCUT2D eigenvalue weighted by molar-refractivity contribution is -0.896. The second kappa shape index (κ2) is 31.0. The topological polar surface area (TPSA) is 0 Å². The number of unbranched alkanes of at least 4 members (excludes halogenated alkanes) is 25. The Hall–Kier alpha value is 0.440. The summed E-state index contributed by atoms with van der Waals surface area (Å²) in [4.78, 5) is 0. The first-order valence-electron chi connectivity index (χ1n) is 17.3. The summed E-state index contributed by atoms with van der Waals surface area (Å²) in [5.74, 6) is 0. The predicted octanol–water partition coefficient (Wildman–Crippen LogP) is 9.42. The standard InChI is InChI=1S/C35H74N.BrH/c1-6-8-10-12-14-16-18-20-22-24-26-28-30-32-34-35(36(3,4)5)33-31-29-27-25-23-21-19-17-15-13-11-9-7-2;/h35H,6-34H2,1-5H3;1H/q+1;/p-1. The molecule has 0 radical (unpaired) electrons. The van der Waals surface area contributed by atoms with E-state index in [-0.39, 0.29) is 17.0 Å². The maximum atomic E-state index is 2.43. The SMILES string of the molecule is CCCCCCCCCCCCCCCCC(CCCCCCCCCCCCCCC)[N+](C)(C)C.[Br-]. The van der Waals surface area contributed by atoms with Crippen molar-refractivity contribution in [1.29, 1.82) is 0 Å². The Morgan fingerprint density at radius 3 is 0.703 bits per heavy atom. The fourth-order valence-electron chi connectivity index (χ4n) is 5.89. The quantitative estimate of drug-likeness (QED) is 0.0579. The summed E-state index contributed by atoms with van der Waals surface area (Å²) in [7, 11) is 7.28. The Morgan fingerprint density at radius 2 is 0.514 bits per heavy atom. The van der Waals surface area contributed by atoms with Crippen LogP contribution in [0.4, 0.5) is 0 Å². The second-order valence-corrected chi connectivity index (χ2v) is 13.2. The van der Waals surface area contributed by atoms with Crippen LogP contribution in [-0.4, -0.2) is 31.7 Å². The maximum absolute atomic E-state index is 2.43. The zero-order chi connectivity index (χ0) is 26.6. The third-order valence-electron chi connectivity index (χ3n) is 8.63. The third-order valence-corrected chi connectivity index (χ3v) is 8.63. The van der Waals surface area contributed by atoms with Crippen molar-refractivity contribution in [2.24, 2.45) is 0 Å². The van der Waals surface area contributed by atoms with E-state index in [2.05, 4.69) is 35.0 Å². The van der Waals surface area contributed by atoms with Crippen LogP contribution in [0.5, 0.6) is 0 Å². The Balaban J connectivity index is 0. The van der Waals surface area contributed by atoms with Crippen molar-refractivity contribution < 1.29 is 21.5 Å². The first kappa shape index (κ1) is 39.6. The average molecular weight is 589 g/mol. The van der Waals surface area contributed by atoms with E-state index >= 15 is 0 Å². The van der Waals surface area contributed by atoms with Gasteiger partial charge >= 0.3 is 0 Å². The van der Waals surface area contributed by atoms with Gasteiger partial charge in [0.1, 0.15) is 0 Å². The van der Waals surface area contributed by atoms with Gasteiger partial charge in [-0.25, -0.2) is 0 Å². The van der Waals surface area contributed by atoms with E-state index in [1.165, 1.54) is 186 Å². The minimum Gasteiger partial charge on any atom is -1.00 e. The van der Waals surface area contributed by atoms with E-state index in [1.807, 2.05) is 0 Å². The Labute approximate surface area is 248 Å². The molecule has 0 saturated heterocycles. The van der Waals surface area contributed by atoms with Gasteiger partial charge in [0.05, 0.1) is 27.2 Å². The Kier molecular flexibility index (Phi) is 33.1. The van der Waals surface area contributed by atoms with Crippen LogP contribution < -0.4 is 17.0 Å². The van der Waals surface area contributed by atoms with Gasteiger partial charge in [-0.3, -0.25) is 0 Å². The molecule has 0 aromatic rings. The predicted molar refractivity (Wildman–Crippen MR) is 167 cm³/mol. The van der Waals surface area contributed by atoms with E-state index in [0.29, 0.717) is 0 Å². The highest BCUT2D eigenvalue weighted by Gasteiger charge is 2.22. The summed E-state index contributed by atoms with van der Waals surface area (Å²) < 4.78 is 1.16. The zero-order valence-electron chi connectivity index (χ0n) is 26.9. The smallest absolute Gasteiger partial charge is 0.0884 e. The van der Waals surface area contributed by atoms with E-state index < -0.39 is 0 Å². The second-order valence-electron chi connectivity index (χ2n) is 13.2. The van der Waals surface area contributed by atoms with Crippen molar-refractivity contribution in [1.82, 2.24) is 0 Å². The van der Waals surface area contributed by atoms with Gasteiger partial charge in [-0.2, -0.15) is 0 Å². The highest BCUT2D eigenvalue weighted by atomic mass is 79.9. The van der Waals surface area contributed by atoms with Crippen LogP contribution in [0.3, 0.4) is 0 Å². The van der Waals surface area contributed by atoms with E-state index in [0.717, 1.165) is 10.5 Å². The summed E-state index contributed by atoms with van der Waals surface area (Å²) in [6.07, 6.45) is 42.4. The molecule has 0 aromatic heterocycles. The van der Waals surface area contributed by atoms with Crippen LogP contribution in [-0.2, 0) is 0 Å². The van der Waals surface area contributed by atoms with Crippen molar-refractivity contribution in [3.05, 3.63) is 0 Å². The average Bonchev–Trinajstić information content (AvgIpc) is 2.85. The molecular formula is C35H74BrN. The lowest BCUT2D eigenvalue weighted by Crippen LogP contribution is -3.00. The highest BCUT2D eigenvalue weighted by molar-refractivity contribution is 4.61. The number of nitrogens with zero attached hydrogens (tertiary/aromatic N) is 1. The first-order valence-corrected chi connectivity index (χ1v) is 17.3. The van der Waals surface area contributed by atoms with Gasteiger partial charge in [0.25, 0.3) is 0 Å². The van der Waals surface area contributed by atoms with Gasteiger partial charge in [0, 0.05) is 0 Å². The van der Waals surface area contributed by atoms with E-state index in [9.17, 15) is 0 Å². The molecule has 0 spiro atoms. The fourth-order valence-corrected chi connectivity index (χ4v) is 5.89. The number of halogens is 1. The molecule has 1 nitrogen and oxygen atoms in total. The molecule has 226 valence electrons. The van der Waals surface area contributed by atoms with Crippen LogP contribution >= 0.6 is 0 Å². The third kappa shape index (κ3) is 30.8. The van der Waals surface area contributed by atoms with Crippen molar-refractivity contribution in [3.63, 3.8) is 0 Å². The zero-order valence-corrected chi connectivity index (χ0v) is 28.5. The normalized spacial score (nSPS) is 12.6. The van der Waals surface area contributed by atoms with Crippen molar-refractivity contribution in [3.8, 4) is 0 Å². The molecule has 0 aliphatic carbocycles. The molecule has 37 heavy (non-hydrogen) atoms. The molecule has 0 amide bonds. The molecule has 0 heterocycles. The van der Waals surface area contributed by atoms with Crippen LogP contribution in [0.1, 0.15) is 200 Å². The molecule has 1 unspecified atom stereocenters. The van der Waals surface area contributed by atoms with Gasteiger partial charge in [-0.05, 0) is 25.7 Å². The van der Waals surface area contributed by atoms with Crippen LogP contribution in [0.15, 0.2) is 0 Å². The first-order chi connectivity index (χ1) is 17.5. The van der Waals surface area contributed by atoms with Gasteiger partial charge in [0.15, 0.2) is 0 Å². The summed E-state index contributed by atoms with van der Waals surface area (Å²) >= 11 is 0. The molecule has 0 rings (SSSR count). The summed E-state index contributed by atoms with van der Waals surface area (Å²) in [6, 6.07) is 0.870. The highest BCUT2D eigenvalue weighted by Crippen LogP contribution is 2.21. The monoisotopic (exact) mass is 588 g/mol. The van der Waals surface area contributed by atoms with Gasteiger partial charge in [0.2, 0.25) is 0 Å². The molecule has 0 aromatic carbocycles. The maximum Gasteiger partial charge on any atom is 0.0884 e. The molecular weight excluding hydrogens is 514 g/mol. The van der Waals surface area contributed by atoms with E-state index in [1.54, 1.807) is 0 Å². The van der Waals surface area contributed by atoms with Gasteiger partial charge < -0.3 is 21.5 Å². The van der Waals surface area contributed by atoms with Crippen LogP contribution in [0, 0.1) is 0 Å². The Morgan fingerprint density at radius 1 is 0.324 bits per heavy atom. The summed E-state index contributed by atoms with van der Waals surface area (Å²) in [5.41, 5.74) is 0. The Bertz CT molecular complexity index is 403. The molecule has 0 aliphatic heterocycles. The molecule has 0 bridgehead atoms. The summed E-state index contributed by atoms with van der Waals surface area (Å²) in [5, 5.41) is 0. The number of quaternary nitrogens is 1. The van der Waals surface area contributed by atoms with Gasteiger partial charge in [-0.1, -0.05) is 174 Å².